The molecule has 0 N–H and O–H groups in total. The number of pyridine rings is 1. The van der Waals surface area contributed by atoms with Gasteiger partial charge in [0.1, 0.15) is 10.6 Å². The molecule has 1 aliphatic heterocycles. The maximum atomic E-state index is 12.5. The fourth-order valence-corrected chi connectivity index (χ4v) is 4.27. The van der Waals surface area contributed by atoms with Crippen LogP contribution in [0.4, 0.5) is 4.79 Å². The number of rotatable bonds is 5. The second kappa shape index (κ2) is 8.16. The number of aryl methyl sites for hydroxylation is 2. The van der Waals surface area contributed by atoms with E-state index in [1.165, 1.54) is 10.4 Å². The van der Waals surface area contributed by atoms with Gasteiger partial charge in [0.25, 0.3) is 0 Å². The molecule has 5 nitrogen and oxygen atoms in total. The molecule has 2 aromatic rings. The van der Waals surface area contributed by atoms with Crippen molar-refractivity contribution in [2.75, 3.05) is 6.54 Å². The third-order valence-electron chi connectivity index (χ3n) is 4.35. The van der Waals surface area contributed by atoms with E-state index < -0.39 is 5.60 Å². The van der Waals surface area contributed by atoms with Crippen molar-refractivity contribution in [1.82, 2.24) is 14.9 Å². The van der Waals surface area contributed by atoms with Gasteiger partial charge in [-0.15, -0.1) is 11.3 Å². The Morgan fingerprint density at radius 1 is 1.35 bits per heavy atom. The monoisotopic (exact) mass is 373 g/mol. The van der Waals surface area contributed by atoms with E-state index in [1.807, 2.05) is 44.1 Å². The van der Waals surface area contributed by atoms with E-state index in [1.54, 1.807) is 17.5 Å². The summed E-state index contributed by atoms with van der Waals surface area (Å²) in [5.74, 6) is 0. The zero-order chi connectivity index (χ0) is 18.6. The smallest absolute Gasteiger partial charge is 0.410 e. The normalized spacial score (nSPS) is 17.5. The van der Waals surface area contributed by atoms with Crippen molar-refractivity contribution < 1.29 is 9.53 Å². The van der Waals surface area contributed by atoms with Gasteiger partial charge in [-0.05, 0) is 64.5 Å². The van der Waals surface area contributed by atoms with E-state index in [4.69, 9.17) is 4.74 Å². The molecule has 0 aromatic carbocycles. The predicted molar refractivity (Wildman–Crippen MR) is 103 cm³/mol. The average Bonchev–Trinajstić information content (AvgIpc) is 3.23. The van der Waals surface area contributed by atoms with Gasteiger partial charge in [0.15, 0.2) is 0 Å². The van der Waals surface area contributed by atoms with Gasteiger partial charge in [-0.25, -0.2) is 9.78 Å². The summed E-state index contributed by atoms with van der Waals surface area (Å²) in [7, 11) is 0. The van der Waals surface area contributed by atoms with E-state index in [2.05, 4.69) is 16.0 Å². The van der Waals surface area contributed by atoms with E-state index in [0.717, 1.165) is 43.7 Å². The first kappa shape index (κ1) is 18.8. The van der Waals surface area contributed by atoms with Gasteiger partial charge in [-0.2, -0.15) is 0 Å². The largest absolute Gasteiger partial charge is 0.444 e. The highest BCUT2D eigenvalue weighted by molar-refractivity contribution is 7.11. The van der Waals surface area contributed by atoms with Gasteiger partial charge in [0, 0.05) is 30.0 Å². The molecule has 0 saturated carbocycles. The number of aromatic nitrogens is 2. The van der Waals surface area contributed by atoms with Crippen LogP contribution in [0.1, 0.15) is 61.5 Å². The lowest BCUT2D eigenvalue weighted by atomic mass is 10.1. The van der Waals surface area contributed by atoms with E-state index in [0.29, 0.717) is 0 Å². The molecule has 1 atom stereocenters. The van der Waals surface area contributed by atoms with Crippen molar-refractivity contribution in [3.05, 3.63) is 46.2 Å². The summed E-state index contributed by atoms with van der Waals surface area (Å²) in [6.45, 7) is 6.45. The minimum atomic E-state index is -0.468. The van der Waals surface area contributed by atoms with Crippen LogP contribution < -0.4 is 0 Å². The van der Waals surface area contributed by atoms with Crippen molar-refractivity contribution in [3.63, 3.8) is 0 Å². The van der Waals surface area contributed by atoms with Crippen LogP contribution in [0, 0.1) is 0 Å². The lowest BCUT2D eigenvalue weighted by Gasteiger charge is -2.27. The Morgan fingerprint density at radius 3 is 2.92 bits per heavy atom. The van der Waals surface area contributed by atoms with E-state index >= 15 is 0 Å². The fraction of sp³-hybridized carbons (Fsp3) is 0.550. The predicted octanol–water partition coefficient (Wildman–Crippen LogP) is 4.79. The molecule has 0 bridgehead atoms. The Labute approximate surface area is 159 Å². The molecule has 6 heteroatoms. The maximum absolute atomic E-state index is 12.5. The third kappa shape index (κ3) is 5.04. The highest BCUT2D eigenvalue weighted by Crippen LogP contribution is 2.35. The molecule has 1 amide bonds. The summed E-state index contributed by atoms with van der Waals surface area (Å²) in [4.78, 5) is 24.3. The minimum Gasteiger partial charge on any atom is -0.444 e. The number of hydrogen-bond acceptors (Lipinski definition) is 5. The number of hydrogen-bond donors (Lipinski definition) is 0. The Bertz CT molecular complexity index is 724. The molecule has 2 aromatic heterocycles. The van der Waals surface area contributed by atoms with Crippen LogP contribution >= 0.6 is 11.3 Å². The van der Waals surface area contributed by atoms with Crippen LogP contribution in [0.25, 0.3) is 0 Å². The molecule has 26 heavy (non-hydrogen) atoms. The Kier molecular flexibility index (Phi) is 5.91. The standard InChI is InChI=1S/C20H27N3O2S/c1-20(2,3)25-19(24)23-12-6-10-17(23)18-22-14-16(26-18)9-4-7-15-8-5-11-21-13-15/h5,8,11,13-14,17H,4,6-7,9-10,12H2,1-3H3. The van der Waals surface area contributed by atoms with Gasteiger partial charge < -0.3 is 4.74 Å². The lowest BCUT2D eigenvalue weighted by Crippen LogP contribution is -2.36. The van der Waals surface area contributed by atoms with Crippen molar-refractivity contribution in [2.24, 2.45) is 0 Å². The Hall–Kier alpha value is -1.95. The van der Waals surface area contributed by atoms with Crippen molar-refractivity contribution in [3.8, 4) is 0 Å². The lowest BCUT2D eigenvalue weighted by molar-refractivity contribution is 0.0224. The molecule has 140 valence electrons. The first-order valence-electron chi connectivity index (χ1n) is 9.25. The summed E-state index contributed by atoms with van der Waals surface area (Å²) >= 11 is 1.73. The SMILES string of the molecule is CC(C)(C)OC(=O)N1CCCC1c1ncc(CCCc2cccnc2)s1. The number of carbonyl (C=O) groups excluding carboxylic acids is 1. The molecule has 0 spiro atoms. The molecule has 1 saturated heterocycles. The van der Waals surface area contributed by atoms with Crippen LogP contribution in [0.3, 0.4) is 0 Å². The quantitative estimate of drug-likeness (QED) is 0.756. The van der Waals surface area contributed by atoms with E-state index in [9.17, 15) is 4.79 Å². The second-order valence-corrected chi connectivity index (χ2v) is 8.86. The van der Waals surface area contributed by atoms with Gasteiger partial charge >= 0.3 is 6.09 Å². The maximum Gasteiger partial charge on any atom is 0.410 e. The van der Waals surface area contributed by atoms with Crippen LogP contribution in [-0.4, -0.2) is 33.1 Å². The highest BCUT2D eigenvalue weighted by Gasteiger charge is 2.34. The van der Waals surface area contributed by atoms with Crippen LogP contribution in [0.2, 0.25) is 0 Å². The summed E-state index contributed by atoms with van der Waals surface area (Å²) in [5, 5.41) is 1.03. The molecular weight excluding hydrogens is 346 g/mol. The summed E-state index contributed by atoms with van der Waals surface area (Å²) in [5.41, 5.74) is 0.800. The second-order valence-electron chi connectivity index (χ2n) is 7.71. The van der Waals surface area contributed by atoms with Gasteiger partial charge in [0.05, 0.1) is 6.04 Å². The molecule has 3 heterocycles. The van der Waals surface area contributed by atoms with Crippen LogP contribution in [0.15, 0.2) is 30.7 Å². The number of amides is 1. The number of thiazole rings is 1. The van der Waals surface area contributed by atoms with Gasteiger partial charge in [0.2, 0.25) is 0 Å². The van der Waals surface area contributed by atoms with Gasteiger partial charge in [-0.3, -0.25) is 9.88 Å². The van der Waals surface area contributed by atoms with Crippen LogP contribution in [0.5, 0.6) is 0 Å². The topological polar surface area (TPSA) is 55.3 Å². The Morgan fingerprint density at radius 2 is 2.19 bits per heavy atom. The van der Waals surface area contributed by atoms with Gasteiger partial charge in [-0.1, -0.05) is 6.07 Å². The fourth-order valence-electron chi connectivity index (χ4n) is 3.17. The molecular formula is C20H27N3O2S. The van der Waals surface area contributed by atoms with Crippen molar-refractivity contribution >= 4 is 17.4 Å². The average molecular weight is 374 g/mol. The number of nitrogens with zero attached hydrogens (tertiary/aromatic N) is 3. The number of likely N-dealkylation sites (tertiary alicyclic amines) is 1. The first-order chi connectivity index (χ1) is 12.4. The molecule has 3 rings (SSSR count). The zero-order valence-corrected chi connectivity index (χ0v) is 16.6. The summed E-state index contributed by atoms with van der Waals surface area (Å²) in [6.07, 6.45) is 10.5. The molecule has 1 unspecified atom stereocenters. The van der Waals surface area contributed by atoms with Crippen molar-refractivity contribution in [2.45, 2.75) is 64.5 Å². The molecule has 1 fully saturated rings. The minimum absolute atomic E-state index is 0.0573. The molecule has 0 aliphatic carbocycles. The van der Waals surface area contributed by atoms with E-state index in [-0.39, 0.29) is 12.1 Å². The third-order valence-corrected chi connectivity index (χ3v) is 5.51. The first-order valence-corrected chi connectivity index (χ1v) is 10.1. The summed E-state index contributed by atoms with van der Waals surface area (Å²) in [6, 6.07) is 4.15. The highest BCUT2D eigenvalue weighted by atomic mass is 32.1. The van der Waals surface area contributed by atoms with Crippen LogP contribution in [-0.2, 0) is 17.6 Å². The summed E-state index contributed by atoms with van der Waals surface area (Å²) < 4.78 is 5.55. The van der Waals surface area contributed by atoms with Crippen molar-refractivity contribution in [1.29, 1.82) is 0 Å². The molecule has 1 aliphatic rings. The number of carbonyl (C=O) groups is 1. The number of ether oxygens (including phenoxy) is 1. The Balaban J connectivity index is 1.57. The molecule has 0 radical (unpaired) electrons. The zero-order valence-electron chi connectivity index (χ0n) is 15.8.